The predicted octanol–water partition coefficient (Wildman–Crippen LogP) is 21.7. The topological polar surface area (TPSA) is 58.9 Å². The van der Waals surface area contributed by atoms with Crippen molar-refractivity contribution < 1.29 is 39.8 Å². The first-order valence-corrected chi connectivity index (χ1v) is 33.0. The maximum absolute atomic E-state index is 10.8. The molecule has 0 fully saturated rings. The maximum Gasteiger partial charge on any atom is 0.119 e. The van der Waals surface area contributed by atoms with Gasteiger partial charge in [-0.3, -0.25) is 0 Å². The SMILES string of the molecule is CCCCCCCCC1(CCCCCCCC)c2cc(C)ccc2-c2ccc(-c3ccc4c(c3)C(CCCCCCCC)(CCCCCCCC)c3cc(-c5ccc(OCC(O)CC(O)COc6ccc(C)cc6)cc5)ccc3-4)cc21.[Ir]. The number of aliphatic hydroxyl groups is 2. The van der Waals surface area contributed by atoms with E-state index in [-0.39, 0.29) is 50.6 Å². The summed E-state index contributed by atoms with van der Waals surface area (Å²) < 4.78 is 11.9. The number of rotatable bonds is 38. The van der Waals surface area contributed by atoms with Crippen molar-refractivity contribution in [1.82, 2.24) is 0 Å². The van der Waals surface area contributed by atoms with E-state index in [4.69, 9.17) is 9.47 Å². The van der Waals surface area contributed by atoms with Crippen LogP contribution in [0.5, 0.6) is 11.5 Å². The van der Waals surface area contributed by atoms with Crippen LogP contribution in [0.25, 0.3) is 44.5 Å². The van der Waals surface area contributed by atoms with Crippen molar-refractivity contribution in [2.45, 2.75) is 251 Å². The van der Waals surface area contributed by atoms with Gasteiger partial charge in [-0.2, -0.15) is 0 Å². The number of hydrogen-bond donors (Lipinski definition) is 2. The molecule has 82 heavy (non-hydrogen) atoms. The molecule has 445 valence electrons. The zero-order valence-corrected chi connectivity index (χ0v) is 54.1. The fraction of sp³-hybridized carbons (Fsp3) is 0.532. The average molecular weight is 1290 g/mol. The van der Waals surface area contributed by atoms with Gasteiger partial charge >= 0.3 is 0 Å². The number of hydrogen-bond acceptors (Lipinski definition) is 4. The summed E-state index contributed by atoms with van der Waals surface area (Å²) in [6, 6.07) is 46.2. The number of aryl methyl sites for hydroxylation is 2. The zero-order chi connectivity index (χ0) is 56.9. The van der Waals surface area contributed by atoms with Crippen molar-refractivity contribution >= 4 is 0 Å². The Kier molecular flexibility index (Phi) is 26.4. The van der Waals surface area contributed by atoms with Crippen molar-refractivity contribution in [2.24, 2.45) is 0 Å². The van der Waals surface area contributed by atoms with E-state index < -0.39 is 12.2 Å². The van der Waals surface area contributed by atoms with Gasteiger partial charge in [0.1, 0.15) is 24.7 Å². The number of ether oxygens (including phenoxy) is 2. The maximum atomic E-state index is 10.8. The molecule has 5 heteroatoms. The van der Waals surface area contributed by atoms with E-state index in [1.165, 1.54) is 235 Å². The first-order chi connectivity index (χ1) is 39.6. The minimum atomic E-state index is -0.825. The molecule has 6 aromatic rings. The van der Waals surface area contributed by atoms with Crippen molar-refractivity contribution in [3.8, 4) is 56.0 Å². The van der Waals surface area contributed by atoms with Gasteiger partial charge in [0.25, 0.3) is 0 Å². The van der Waals surface area contributed by atoms with E-state index >= 15 is 0 Å². The van der Waals surface area contributed by atoms with E-state index in [0.29, 0.717) is 11.5 Å². The molecule has 4 nitrogen and oxygen atoms in total. The quantitative estimate of drug-likeness (QED) is 0.0379. The number of unbranched alkanes of at least 4 members (excludes halogenated alkanes) is 20. The smallest absolute Gasteiger partial charge is 0.119 e. The van der Waals surface area contributed by atoms with Crippen molar-refractivity contribution in [2.75, 3.05) is 13.2 Å². The van der Waals surface area contributed by atoms with E-state index in [1.54, 1.807) is 16.7 Å². The standard InChI is InChI=1S/C77H104O4.Ir/c1-7-11-15-19-23-27-47-76(48-28-24-20-16-12-8-2)72-51-59(6)33-43-68(72)69-45-37-62(53-74(69)76)63-38-46-71-70-44-36-61(52-73(70)77(75(71)54-63,49-29-25-21-17-13-9-3)50-30-26-22-18-14-10-4)60-34-41-67(42-35-60)81-57-65(79)55-64(78)56-80-66-39-31-58(5)32-40-66;/h31-46,51-54,64-65,78-79H,7-30,47-50,55-57H2,1-6H3;. The zero-order valence-electron chi connectivity index (χ0n) is 51.7. The van der Waals surface area contributed by atoms with Gasteiger partial charge in [-0.1, -0.05) is 272 Å². The monoisotopic (exact) mass is 1290 g/mol. The molecule has 8 rings (SSSR count). The Morgan fingerprint density at radius 1 is 0.329 bits per heavy atom. The van der Waals surface area contributed by atoms with Gasteiger partial charge in [0.15, 0.2) is 0 Å². The first-order valence-electron chi connectivity index (χ1n) is 33.0. The molecular formula is C77H104IrO4. The molecule has 0 heterocycles. The summed E-state index contributed by atoms with van der Waals surface area (Å²) in [5.41, 5.74) is 19.7. The molecule has 2 atom stereocenters. The van der Waals surface area contributed by atoms with Crippen LogP contribution in [-0.4, -0.2) is 35.6 Å². The van der Waals surface area contributed by atoms with E-state index in [0.717, 1.165) is 5.56 Å². The van der Waals surface area contributed by atoms with E-state index in [9.17, 15) is 10.2 Å². The molecule has 1 radical (unpaired) electrons. The third kappa shape index (κ3) is 16.9. The molecule has 2 unspecified atom stereocenters. The molecule has 2 aliphatic carbocycles. The summed E-state index contributed by atoms with van der Waals surface area (Å²) in [5, 5.41) is 21.5. The molecule has 2 aliphatic rings. The molecule has 2 N–H and O–H groups in total. The van der Waals surface area contributed by atoms with Gasteiger partial charge < -0.3 is 19.7 Å². The minimum absolute atomic E-state index is 0. The molecular weight excluding hydrogens is 1180 g/mol. The Hall–Kier alpha value is -4.51. The number of aliphatic hydroxyl groups excluding tert-OH is 2. The Bertz CT molecular complexity index is 2800. The Balaban J connectivity index is 0.00000968. The normalized spacial score (nSPS) is 14.1. The number of fused-ring (bicyclic) bond motifs is 6. The summed E-state index contributed by atoms with van der Waals surface area (Å²) in [6.07, 6.45) is 34.8. The van der Waals surface area contributed by atoms with Crippen LogP contribution in [0.3, 0.4) is 0 Å². The summed E-state index contributed by atoms with van der Waals surface area (Å²) in [4.78, 5) is 0. The van der Waals surface area contributed by atoms with Crippen molar-refractivity contribution in [1.29, 1.82) is 0 Å². The largest absolute Gasteiger partial charge is 0.491 e. The molecule has 0 saturated carbocycles. The third-order valence-corrected chi connectivity index (χ3v) is 18.7. The summed E-state index contributed by atoms with van der Waals surface area (Å²) in [6.45, 7) is 13.9. The third-order valence-electron chi connectivity index (χ3n) is 18.7. The van der Waals surface area contributed by atoms with Crippen LogP contribution in [0, 0.1) is 13.8 Å². The van der Waals surface area contributed by atoms with Gasteiger partial charge in [-0.15, -0.1) is 0 Å². The second-order valence-corrected chi connectivity index (χ2v) is 25.1. The second kappa shape index (κ2) is 33.3. The van der Waals surface area contributed by atoms with Gasteiger partial charge in [0, 0.05) is 37.4 Å². The average Bonchev–Trinajstić information content (AvgIpc) is 2.05. The Morgan fingerprint density at radius 3 is 0.976 bits per heavy atom. The summed E-state index contributed by atoms with van der Waals surface area (Å²) in [7, 11) is 0. The van der Waals surface area contributed by atoms with Gasteiger partial charge in [-0.25, -0.2) is 0 Å². The molecule has 0 amide bonds. The fourth-order valence-electron chi connectivity index (χ4n) is 14.0. The van der Waals surface area contributed by atoms with Gasteiger partial charge in [0.2, 0.25) is 0 Å². The van der Waals surface area contributed by atoms with Gasteiger partial charge in [0.05, 0.1) is 12.2 Å². The summed E-state index contributed by atoms with van der Waals surface area (Å²) >= 11 is 0. The van der Waals surface area contributed by atoms with Crippen molar-refractivity contribution in [3.05, 3.63) is 155 Å². The fourth-order valence-corrected chi connectivity index (χ4v) is 14.0. The van der Waals surface area contributed by atoms with E-state index in [2.05, 4.69) is 120 Å². The van der Waals surface area contributed by atoms with Crippen LogP contribution in [0.4, 0.5) is 0 Å². The van der Waals surface area contributed by atoms with Crippen LogP contribution in [-0.2, 0) is 30.9 Å². The van der Waals surface area contributed by atoms with Crippen LogP contribution >= 0.6 is 0 Å². The van der Waals surface area contributed by atoms with Crippen LogP contribution < -0.4 is 9.47 Å². The molecule has 0 aliphatic heterocycles. The molecule has 0 aromatic heterocycles. The van der Waals surface area contributed by atoms with Crippen LogP contribution in [0.1, 0.15) is 247 Å². The second-order valence-electron chi connectivity index (χ2n) is 25.1. The first kappa shape index (κ1) is 65.0. The Morgan fingerprint density at radius 2 is 0.610 bits per heavy atom. The Labute approximate surface area is 511 Å². The summed E-state index contributed by atoms with van der Waals surface area (Å²) in [5.74, 6) is 1.41. The molecule has 0 saturated heterocycles. The van der Waals surface area contributed by atoms with E-state index in [1.807, 2.05) is 43.3 Å². The van der Waals surface area contributed by atoms with Crippen LogP contribution in [0.15, 0.2) is 121 Å². The number of benzene rings is 6. The minimum Gasteiger partial charge on any atom is -0.491 e. The molecule has 6 aromatic carbocycles. The predicted molar refractivity (Wildman–Crippen MR) is 345 cm³/mol. The van der Waals surface area contributed by atoms with Crippen LogP contribution in [0.2, 0.25) is 0 Å². The molecule has 0 spiro atoms. The molecule has 0 bridgehead atoms. The van der Waals surface area contributed by atoms with Gasteiger partial charge in [-0.05, 0) is 149 Å². The van der Waals surface area contributed by atoms with Crippen molar-refractivity contribution in [3.63, 3.8) is 0 Å².